The van der Waals surface area contributed by atoms with Gasteiger partial charge in [0.25, 0.3) is 0 Å². The van der Waals surface area contributed by atoms with Gasteiger partial charge >= 0.3 is 0 Å². The highest BCUT2D eigenvalue weighted by Gasteiger charge is 2.43. The van der Waals surface area contributed by atoms with E-state index < -0.39 is 16.1 Å². The quantitative estimate of drug-likeness (QED) is 0.0884. The topological polar surface area (TPSA) is 0 Å². The summed E-state index contributed by atoms with van der Waals surface area (Å²) in [6, 6.07) is 123. The molecule has 634 valence electrons. The van der Waals surface area contributed by atoms with Crippen molar-refractivity contribution in [3.63, 3.8) is 0 Å². The van der Waals surface area contributed by atoms with Gasteiger partial charge in [-0.15, -0.1) is 11.1 Å². The van der Waals surface area contributed by atoms with Crippen LogP contribution in [0.25, 0.3) is 151 Å². The lowest BCUT2D eigenvalue weighted by atomic mass is 9.95. The summed E-state index contributed by atoms with van der Waals surface area (Å²) in [5.74, 6) is 51.7. The van der Waals surface area contributed by atoms with Crippen molar-refractivity contribution in [2.45, 2.75) is 116 Å². The van der Waals surface area contributed by atoms with E-state index in [0.29, 0.717) is 33.2 Å². The molecule has 0 radical (unpaired) electrons. The number of hydrogen-bond donors (Lipinski definition) is 0. The minimum absolute atomic E-state index is 0.552. The van der Waals surface area contributed by atoms with Gasteiger partial charge in [0.05, 0.1) is 0 Å². The number of benzene rings is 21. The van der Waals surface area contributed by atoms with Gasteiger partial charge in [0.2, 0.25) is 0 Å². The molecule has 21 aromatic carbocycles. The minimum atomic E-state index is -1.96. The summed E-state index contributed by atoms with van der Waals surface area (Å²) in [5.41, 5.74) is 25.0. The predicted molar refractivity (Wildman–Crippen MR) is 582 cm³/mol. The molecule has 0 aromatic heterocycles. The molecule has 0 heterocycles. The maximum Gasteiger partial charge on any atom is 0.146 e. The van der Waals surface area contributed by atoms with Crippen LogP contribution in [0.3, 0.4) is 0 Å². The number of hydrogen-bond acceptors (Lipinski definition) is 0. The molecule has 0 aliphatic rings. The fourth-order valence-corrected chi connectivity index (χ4v) is 32.3. The molecule has 0 atom stereocenters. The van der Waals surface area contributed by atoms with Gasteiger partial charge in [-0.3, -0.25) is 0 Å². The van der Waals surface area contributed by atoms with Gasteiger partial charge in [0.15, 0.2) is 0 Å². The summed E-state index contributed by atoms with van der Waals surface area (Å²) in [7, 11) is -3.91. The molecule has 0 fully saturated rings. The number of fused-ring (bicyclic) bond motifs is 14. The van der Waals surface area contributed by atoms with Crippen molar-refractivity contribution >= 4 is 167 Å². The van der Waals surface area contributed by atoms with E-state index in [9.17, 15) is 0 Å². The van der Waals surface area contributed by atoms with E-state index in [1.165, 1.54) is 32.3 Å². The van der Waals surface area contributed by atoms with E-state index in [0.717, 1.165) is 196 Å². The first-order chi connectivity index (χ1) is 65.3. The van der Waals surface area contributed by atoms with Gasteiger partial charge < -0.3 is 0 Å². The highest BCUT2D eigenvalue weighted by Crippen LogP contribution is 2.44. The molecule has 0 aliphatic heterocycles. The van der Waals surface area contributed by atoms with Crippen LogP contribution in [0.5, 0.6) is 0 Å². The zero-order valence-corrected chi connectivity index (χ0v) is 79.8. The van der Waals surface area contributed by atoms with Crippen molar-refractivity contribution in [3.8, 4) is 94.0 Å². The lowest BCUT2D eigenvalue weighted by Crippen LogP contribution is -2.43. The minimum Gasteiger partial charge on any atom is -0.125 e. The summed E-state index contributed by atoms with van der Waals surface area (Å²) >= 11 is 0. The lowest BCUT2D eigenvalue weighted by molar-refractivity contribution is 0.838. The summed E-state index contributed by atoms with van der Waals surface area (Å²) in [6.07, 6.45) is 0. The molecule has 21 rings (SSSR count). The second kappa shape index (κ2) is 35.1. The zero-order valence-electron chi connectivity index (χ0n) is 77.8. The van der Waals surface area contributed by atoms with Crippen molar-refractivity contribution in [2.24, 2.45) is 0 Å². The zero-order chi connectivity index (χ0) is 91.6. The molecule has 134 heavy (non-hydrogen) atoms. The van der Waals surface area contributed by atoms with Crippen LogP contribution < -0.4 is 0 Å². The van der Waals surface area contributed by atoms with Crippen LogP contribution in [-0.4, -0.2) is 16.1 Å². The Bertz CT molecular complexity index is 8590. The highest BCUT2D eigenvalue weighted by atomic mass is 28.3. The van der Waals surface area contributed by atoms with Gasteiger partial charge in [0.1, 0.15) is 16.1 Å². The summed E-state index contributed by atoms with van der Waals surface area (Å²) in [6.45, 7) is 28.6. The van der Waals surface area contributed by atoms with Crippen molar-refractivity contribution < 1.29 is 0 Å². The highest BCUT2D eigenvalue weighted by molar-refractivity contribution is 6.91. The van der Waals surface area contributed by atoms with Crippen LogP contribution in [0.1, 0.15) is 161 Å². The third-order valence-electron chi connectivity index (χ3n) is 28.7. The first-order valence-corrected chi connectivity index (χ1v) is 51.6. The largest absolute Gasteiger partial charge is 0.146 e. The fraction of sp³-hybridized carbons (Fsp3) is 0.136. The fourth-order valence-electron chi connectivity index (χ4n) is 21.9. The van der Waals surface area contributed by atoms with E-state index in [4.69, 9.17) is 0 Å². The molecule has 0 bridgehead atoms. The van der Waals surface area contributed by atoms with Crippen molar-refractivity contribution in [3.05, 3.63) is 418 Å². The second-order valence-corrected chi connectivity index (χ2v) is 49.3. The monoisotopic (exact) mass is 1740 g/mol. The Balaban J connectivity index is 0.566. The van der Waals surface area contributed by atoms with Crippen LogP contribution in [0.2, 0.25) is 33.2 Å². The normalized spacial score (nSPS) is 11.7. The molecule has 0 amide bonds. The average Bonchev–Trinajstić information content (AvgIpc) is 0.772. The van der Waals surface area contributed by atoms with E-state index >= 15 is 0 Å². The maximum atomic E-state index is 4.00. The maximum absolute atomic E-state index is 4.00. The van der Waals surface area contributed by atoms with Crippen molar-refractivity contribution in [1.82, 2.24) is 0 Å². The van der Waals surface area contributed by atoms with Crippen LogP contribution in [0, 0.1) is 94.0 Å². The SMILES string of the molecule is CC(C)[Si](C#Cc1cccc2cc3cccc(C#Cc4cccc5cc6cccc(C#Cc7cccc8cc9cccc(C#Cc%10cccc%11cc%12cccc(C#Cc%13cccc%14cc%15cccc(C#Cc%16cccc%17cc%18cccc(C#Cc%19cccc%20cc%21cccc(C#C[Si](C(C)C)(C(C)C)C(C)C)c%21cc%19%20)c%18cc%16%17)c%15cc%13%14)c%12cc%10%11)c9cc78)c6cc45)c3cc12)(C(C)C)C(C)C. The van der Waals surface area contributed by atoms with Crippen LogP contribution in [0.4, 0.5) is 0 Å². The van der Waals surface area contributed by atoms with Crippen molar-refractivity contribution in [2.75, 3.05) is 0 Å². The molecule has 0 N–H and O–H groups in total. The van der Waals surface area contributed by atoms with Crippen LogP contribution >= 0.6 is 0 Å². The Morgan fingerprint density at radius 1 is 0.127 bits per heavy atom. The first-order valence-electron chi connectivity index (χ1n) is 47.2. The summed E-state index contributed by atoms with van der Waals surface area (Å²) in [5, 5.41) is 31.4. The third kappa shape index (κ3) is 15.6. The Kier molecular flexibility index (Phi) is 22.3. The van der Waals surface area contributed by atoms with Gasteiger partial charge in [-0.05, 0) is 354 Å². The third-order valence-corrected chi connectivity index (χ3v) is 41.3. The molecule has 0 saturated carbocycles. The Hall–Kier alpha value is -15.8. The van der Waals surface area contributed by atoms with Crippen LogP contribution in [-0.2, 0) is 0 Å². The predicted octanol–water partition coefficient (Wildman–Crippen LogP) is 33.4. The van der Waals surface area contributed by atoms with Crippen molar-refractivity contribution in [1.29, 1.82) is 0 Å². The van der Waals surface area contributed by atoms with Gasteiger partial charge in [-0.2, -0.15) is 0 Å². The molecular weight excluding hydrogens is 1640 g/mol. The standard InChI is InChI=1S/C132H98Si2/c1-85(2)133(86(3)4,87(5)6)69-67-103-39-25-53-117-76-115-51-23-37-101(129(115)83-131(103)117)65-63-99-35-21-49-113-74-111-47-19-33-97(125(111)81-127(99)113)61-59-95-31-17-45-109-72-107-43-15-29-93(121(107)79-123(95)109)57-55-91-27-13-41-105-71-106-42-14-28-92(120(106)78-119(91)105)56-58-94-30-16-44-108-73-110-46-18-32-96(124(110)80-122(94)108)60-62-98-34-20-48-112-75-114-50-22-36-100(128(114)82-126(98)112)64-66-102-38-24-52-116-77-118-54-26-40-104(132(118)84-130(102)116)68-70-134(88(7)8,89(9)10)90(11)12/h13-54,71-90H,1-12H3. The molecule has 0 spiro atoms. The molecular formula is C132H98Si2. The van der Waals surface area contributed by atoms with Gasteiger partial charge in [0, 0.05) is 77.9 Å². The summed E-state index contributed by atoms with van der Waals surface area (Å²) in [4.78, 5) is 0. The van der Waals surface area contributed by atoms with E-state index in [2.05, 4.69) is 517 Å². The van der Waals surface area contributed by atoms with E-state index in [-0.39, 0.29) is 0 Å². The number of rotatable bonds is 6. The Morgan fingerprint density at radius 3 is 0.321 bits per heavy atom. The molecule has 0 saturated heterocycles. The summed E-state index contributed by atoms with van der Waals surface area (Å²) < 4.78 is 0. The molecule has 0 nitrogen and oxygen atoms in total. The van der Waals surface area contributed by atoms with Crippen LogP contribution in [0.15, 0.2) is 340 Å². The average molecular weight is 1740 g/mol. The van der Waals surface area contributed by atoms with Gasteiger partial charge in [-0.25, -0.2) is 0 Å². The molecule has 0 aliphatic carbocycles. The lowest BCUT2D eigenvalue weighted by Gasteiger charge is -2.38. The van der Waals surface area contributed by atoms with E-state index in [1.54, 1.807) is 0 Å². The van der Waals surface area contributed by atoms with E-state index in [1.807, 2.05) is 0 Å². The Morgan fingerprint density at radius 2 is 0.224 bits per heavy atom. The smallest absolute Gasteiger partial charge is 0.125 e. The Labute approximate surface area is 788 Å². The second-order valence-electron chi connectivity index (χ2n) is 38.1. The molecule has 0 unspecified atom stereocenters. The molecule has 21 aromatic rings. The molecule has 2 heteroatoms. The van der Waals surface area contributed by atoms with Gasteiger partial charge in [-0.1, -0.05) is 336 Å². The first kappa shape index (κ1) is 85.0.